The first-order chi connectivity index (χ1) is 4.77. The summed E-state index contributed by atoms with van der Waals surface area (Å²) < 4.78 is 10.1. The average Bonchev–Trinajstić information content (AvgIpc) is 1.87. The Kier molecular flexibility index (Phi) is 7.58. The third-order valence-electron chi connectivity index (χ3n) is 1.07. The minimum atomic E-state index is 0.513. The molecule has 2 nitrogen and oxygen atoms in total. The minimum Gasteiger partial charge on any atom is -0.382 e. The second-order valence-electron chi connectivity index (χ2n) is 2.29. The number of hydrogen-bond donors (Lipinski definition) is 0. The van der Waals surface area contributed by atoms with E-state index in [4.69, 9.17) is 9.47 Å². The maximum absolute atomic E-state index is 5.27. The van der Waals surface area contributed by atoms with Crippen LogP contribution in [0.3, 0.4) is 0 Å². The Bertz CT molecular complexity index is 66.6. The second kappa shape index (κ2) is 7.38. The van der Waals surface area contributed by atoms with Crippen molar-refractivity contribution in [1.82, 2.24) is 0 Å². The van der Waals surface area contributed by atoms with Gasteiger partial charge in [-0.2, -0.15) is 0 Å². The lowest BCUT2D eigenvalue weighted by Crippen LogP contribution is -2.11. The van der Waals surface area contributed by atoms with E-state index in [1.54, 1.807) is 7.11 Å². The van der Waals surface area contributed by atoms with Crippen molar-refractivity contribution in [3.8, 4) is 0 Å². The predicted octanol–water partition coefficient (Wildman–Crippen LogP) is 0.527. The van der Waals surface area contributed by atoms with Crippen molar-refractivity contribution in [2.75, 3.05) is 45.2 Å². The molecule has 0 rings (SSSR count). The molecule has 0 aliphatic heterocycles. The quantitative estimate of drug-likeness (QED) is 0.422. The summed E-state index contributed by atoms with van der Waals surface area (Å²) in [4.78, 5) is 0. The molecular weight excluding hydrogens is 148 g/mol. The van der Waals surface area contributed by atoms with Crippen molar-refractivity contribution in [2.45, 2.75) is 0 Å². The molecule has 0 N–H and O–H groups in total. The van der Waals surface area contributed by atoms with Crippen molar-refractivity contribution in [1.29, 1.82) is 0 Å². The first kappa shape index (κ1) is 10.3. The molecule has 0 saturated carbocycles. The molecule has 0 aromatic heterocycles. The molecule has 0 fully saturated rings. The number of hydrogen-bond acceptors (Lipinski definition) is 2. The summed E-state index contributed by atoms with van der Waals surface area (Å²) in [5, 5.41) is 0. The summed E-state index contributed by atoms with van der Waals surface area (Å²) in [6.07, 6.45) is 4.44. The molecule has 0 spiro atoms. The molecule has 0 aliphatic carbocycles. The lowest BCUT2D eigenvalue weighted by atomic mass is 10.7. The van der Waals surface area contributed by atoms with Crippen LogP contribution < -0.4 is 0 Å². The van der Waals surface area contributed by atoms with Crippen LogP contribution in [0.25, 0.3) is 0 Å². The van der Waals surface area contributed by atoms with E-state index in [0.717, 1.165) is 13.2 Å². The average molecular weight is 165 g/mol. The van der Waals surface area contributed by atoms with Crippen molar-refractivity contribution in [2.24, 2.45) is 0 Å². The Morgan fingerprint density at radius 1 is 1.10 bits per heavy atom. The van der Waals surface area contributed by atoms with Gasteiger partial charge in [0.2, 0.25) is 0 Å². The van der Waals surface area contributed by atoms with Crippen LogP contribution in [-0.4, -0.2) is 45.2 Å². The molecular formula is C7H17O2S+. The molecule has 3 heteroatoms. The first-order valence-corrected chi connectivity index (χ1v) is 5.59. The Balaban J connectivity index is 2.77. The Morgan fingerprint density at radius 3 is 2.30 bits per heavy atom. The van der Waals surface area contributed by atoms with Gasteiger partial charge in [-0.25, -0.2) is 0 Å². The largest absolute Gasteiger partial charge is 0.382 e. The molecule has 0 aromatic carbocycles. The Hall–Kier alpha value is 0.270. The fourth-order valence-electron chi connectivity index (χ4n) is 0.470. The van der Waals surface area contributed by atoms with E-state index in [2.05, 4.69) is 12.5 Å². The molecule has 0 bridgehead atoms. The van der Waals surface area contributed by atoms with Gasteiger partial charge in [0.1, 0.15) is 5.75 Å². The topological polar surface area (TPSA) is 18.5 Å². The molecule has 10 heavy (non-hydrogen) atoms. The zero-order chi connectivity index (χ0) is 7.82. The van der Waals surface area contributed by atoms with Gasteiger partial charge in [-0.15, -0.1) is 0 Å². The fourth-order valence-corrected chi connectivity index (χ4v) is 0.921. The van der Waals surface area contributed by atoms with E-state index < -0.39 is 0 Å². The van der Waals surface area contributed by atoms with Crippen molar-refractivity contribution < 1.29 is 9.47 Å². The molecule has 0 unspecified atom stereocenters. The van der Waals surface area contributed by atoms with Crippen LogP contribution in [0.1, 0.15) is 0 Å². The highest BCUT2D eigenvalue weighted by Gasteiger charge is 1.99. The zero-order valence-corrected chi connectivity index (χ0v) is 7.87. The van der Waals surface area contributed by atoms with Crippen LogP contribution in [0, 0.1) is 0 Å². The lowest BCUT2D eigenvalue weighted by Gasteiger charge is -2.00. The highest BCUT2D eigenvalue weighted by atomic mass is 32.2. The summed E-state index contributed by atoms with van der Waals surface area (Å²) >= 11 is 0. The number of methoxy groups -OCH3 is 1. The Labute approximate surface area is 66.2 Å². The zero-order valence-electron chi connectivity index (χ0n) is 7.05. The SMILES string of the molecule is COCCOCC[S+](C)C. The third-order valence-corrected chi connectivity index (χ3v) is 2.05. The normalized spacial score (nSPS) is 10.8. The molecule has 0 radical (unpaired) electrons. The summed E-state index contributed by atoms with van der Waals surface area (Å²) in [7, 11) is 2.20. The second-order valence-corrected chi connectivity index (χ2v) is 4.67. The molecule has 0 aliphatic rings. The third kappa shape index (κ3) is 8.27. The van der Waals surface area contributed by atoms with Gasteiger partial charge in [0.15, 0.2) is 0 Å². The minimum absolute atomic E-state index is 0.513. The number of ether oxygens (including phenoxy) is 2. The maximum atomic E-state index is 5.27. The van der Waals surface area contributed by atoms with Crippen LogP contribution in [0.15, 0.2) is 0 Å². The van der Waals surface area contributed by atoms with Crippen molar-refractivity contribution >= 4 is 10.9 Å². The van der Waals surface area contributed by atoms with Gasteiger partial charge in [-0.05, 0) is 10.9 Å². The Morgan fingerprint density at radius 2 is 1.80 bits per heavy atom. The van der Waals surface area contributed by atoms with Crippen LogP contribution in [0.4, 0.5) is 0 Å². The molecule has 0 atom stereocenters. The van der Waals surface area contributed by atoms with Crippen LogP contribution in [0.5, 0.6) is 0 Å². The first-order valence-electron chi connectivity index (χ1n) is 3.38. The molecule has 0 amide bonds. The smallest absolute Gasteiger partial charge is 0.130 e. The van der Waals surface area contributed by atoms with E-state index in [9.17, 15) is 0 Å². The molecule has 62 valence electrons. The summed E-state index contributed by atoms with van der Waals surface area (Å²) in [5.41, 5.74) is 0. The van der Waals surface area contributed by atoms with E-state index >= 15 is 0 Å². The predicted molar refractivity (Wildman–Crippen MR) is 46.8 cm³/mol. The van der Waals surface area contributed by atoms with Gasteiger partial charge in [0.25, 0.3) is 0 Å². The number of rotatable bonds is 6. The molecule has 0 saturated heterocycles. The lowest BCUT2D eigenvalue weighted by molar-refractivity contribution is 0.0789. The standard InChI is InChI=1S/C7H17O2S/c1-8-4-5-9-6-7-10(2)3/h4-7H2,1-3H3/q+1. The summed E-state index contributed by atoms with van der Waals surface area (Å²) in [6.45, 7) is 2.31. The fraction of sp³-hybridized carbons (Fsp3) is 1.00. The summed E-state index contributed by atoms with van der Waals surface area (Å²) in [5.74, 6) is 1.17. The van der Waals surface area contributed by atoms with Gasteiger partial charge in [-0.3, -0.25) is 0 Å². The van der Waals surface area contributed by atoms with Crippen LogP contribution in [0.2, 0.25) is 0 Å². The van der Waals surface area contributed by atoms with E-state index in [1.807, 2.05) is 0 Å². The highest BCUT2D eigenvalue weighted by Crippen LogP contribution is 1.84. The van der Waals surface area contributed by atoms with E-state index in [0.29, 0.717) is 17.5 Å². The van der Waals surface area contributed by atoms with Crippen molar-refractivity contribution in [3.63, 3.8) is 0 Å². The highest BCUT2D eigenvalue weighted by molar-refractivity contribution is 7.95. The maximum Gasteiger partial charge on any atom is 0.130 e. The van der Waals surface area contributed by atoms with Gasteiger partial charge in [0.05, 0.1) is 32.3 Å². The molecule has 0 heterocycles. The van der Waals surface area contributed by atoms with Crippen LogP contribution >= 0.6 is 0 Å². The van der Waals surface area contributed by atoms with Gasteiger partial charge < -0.3 is 9.47 Å². The monoisotopic (exact) mass is 165 g/mol. The van der Waals surface area contributed by atoms with E-state index in [-0.39, 0.29) is 0 Å². The molecule has 0 aromatic rings. The van der Waals surface area contributed by atoms with Gasteiger partial charge >= 0.3 is 0 Å². The van der Waals surface area contributed by atoms with Crippen molar-refractivity contribution in [3.05, 3.63) is 0 Å². The van der Waals surface area contributed by atoms with Gasteiger partial charge in [0, 0.05) is 7.11 Å². The summed E-state index contributed by atoms with van der Waals surface area (Å²) in [6, 6.07) is 0. The van der Waals surface area contributed by atoms with Crippen LogP contribution in [-0.2, 0) is 20.4 Å². The van der Waals surface area contributed by atoms with E-state index in [1.165, 1.54) is 5.75 Å². The van der Waals surface area contributed by atoms with Gasteiger partial charge in [-0.1, -0.05) is 0 Å².